The van der Waals surface area contributed by atoms with Crippen LogP contribution < -0.4 is 9.64 Å². The first-order valence-corrected chi connectivity index (χ1v) is 17.0. The first kappa shape index (κ1) is 33.7. The fourth-order valence-corrected chi connectivity index (χ4v) is 6.81. The minimum absolute atomic E-state index is 0.00148. The van der Waals surface area contributed by atoms with Gasteiger partial charge in [-0.1, -0.05) is 12.1 Å². The molecular formula is C35H49N5O6. The van der Waals surface area contributed by atoms with Gasteiger partial charge in [-0.3, -0.25) is 19.4 Å². The Bertz CT molecular complexity index is 1310. The second kappa shape index (κ2) is 16.7. The lowest BCUT2D eigenvalue weighted by atomic mass is 9.94. The summed E-state index contributed by atoms with van der Waals surface area (Å²) in [6.45, 7) is 3.90. The van der Waals surface area contributed by atoms with Gasteiger partial charge in [0.2, 0.25) is 11.8 Å². The van der Waals surface area contributed by atoms with Gasteiger partial charge in [-0.15, -0.1) is 0 Å². The predicted octanol–water partition coefficient (Wildman–Crippen LogP) is 3.47. The van der Waals surface area contributed by atoms with Crippen LogP contribution in [0.15, 0.2) is 42.7 Å². The van der Waals surface area contributed by atoms with Crippen LogP contribution in [-0.2, 0) is 9.59 Å². The minimum atomic E-state index is -0.253. The molecule has 1 aromatic heterocycles. The minimum Gasteiger partial charge on any atom is -0.491 e. The van der Waals surface area contributed by atoms with Gasteiger partial charge in [-0.2, -0.15) is 0 Å². The average molecular weight is 636 g/mol. The number of pyridine rings is 1. The molecule has 0 aliphatic carbocycles. The Labute approximate surface area is 272 Å². The fraction of sp³-hybridized carbons (Fsp3) is 0.600. The van der Waals surface area contributed by atoms with Crippen molar-refractivity contribution in [3.8, 4) is 5.75 Å². The number of piperidine rings is 2. The number of ether oxygens (including phenoxy) is 1. The van der Waals surface area contributed by atoms with Crippen LogP contribution in [0, 0.1) is 11.8 Å². The maximum atomic E-state index is 14.0. The summed E-state index contributed by atoms with van der Waals surface area (Å²) in [7, 11) is 0. The average Bonchev–Trinajstić information content (AvgIpc) is 3.08. The van der Waals surface area contributed by atoms with Gasteiger partial charge in [0.15, 0.2) is 0 Å². The summed E-state index contributed by atoms with van der Waals surface area (Å²) >= 11 is 0. The number of nitrogens with zero attached hydrogens (tertiary/aromatic N) is 5. The van der Waals surface area contributed by atoms with Crippen LogP contribution in [0.25, 0.3) is 0 Å². The van der Waals surface area contributed by atoms with Gasteiger partial charge in [-0.25, -0.2) is 0 Å². The Kier molecular flexibility index (Phi) is 12.2. The van der Waals surface area contributed by atoms with Crippen molar-refractivity contribution >= 4 is 29.1 Å². The van der Waals surface area contributed by atoms with Crippen molar-refractivity contribution in [3.05, 3.63) is 48.3 Å². The van der Waals surface area contributed by atoms with E-state index < -0.39 is 0 Å². The number of hydrogen-bond donors (Lipinski definition) is 2. The number of para-hydroxylation sites is 2. The highest BCUT2D eigenvalue weighted by Crippen LogP contribution is 2.35. The first-order valence-electron chi connectivity index (χ1n) is 17.0. The smallest absolute Gasteiger partial charge is 0.255 e. The number of fused-ring (bicyclic) bond motifs is 3. The summed E-state index contributed by atoms with van der Waals surface area (Å²) in [5.41, 5.74) is 1.69. The number of rotatable bonds is 8. The van der Waals surface area contributed by atoms with Crippen LogP contribution in [-0.4, -0.2) is 113 Å². The normalized spacial score (nSPS) is 19.0. The predicted molar refractivity (Wildman–Crippen MR) is 175 cm³/mol. The van der Waals surface area contributed by atoms with Crippen molar-refractivity contribution in [2.75, 3.05) is 70.5 Å². The molecule has 0 unspecified atom stereocenters. The van der Waals surface area contributed by atoms with E-state index in [9.17, 15) is 24.6 Å². The van der Waals surface area contributed by atoms with Gasteiger partial charge in [0.1, 0.15) is 18.8 Å². The number of amides is 3. The number of aliphatic hydroxyl groups excluding tert-OH is 2. The van der Waals surface area contributed by atoms with Gasteiger partial charge in [0, 0.05) is 52.1 Å². The molecule has 2 fully saturated rings. The lowest BCUT2D eigenvalue weighted by Crippen LogP contribution is -2.46. The molecule has 5 rings (SSSR count). The van der Waals surface area contributed by atoms with E-state index in [4.69, 9.17) is 4.74 Å². The van der Waals surface area contributed by atoms with E-state index >= 15 is 0 Å². The molecule has 4 heterocycles. The highest BCUT2D eigenvalue weighted by atomic mass is 16.5. The summed E-state index contributed by atoms with van der Waals surface area (Å²) < 4.78 is 6.25. The third kappa shape index (κ3) is 8.76. The number of likely N-dealkylation sites (tertiary alicyclic amines) is 2. The summed E-state index contributed by atoms with van der Waals surface area (Å²) in [5, 5.41) is 18.6. The summed E-state index contributed by atoms with van der Waals surface area (Å²) in [6, 6.07) is 9.41. The van der Waals surface area contributed by atoms with E-state index in [-0.39, 0.29) is 44.0 Å². The van der Waals surface area contributed by atoms with Crippen LogP contribution in [0.5, 0.6) is 5.75 Å². The van der Waals surface area contributed by atoms with Crippen LogP contribution >= 0.6 is 0 Å². The molecular weight excluding hydrogens is 586 g/mol. The highest BCUT2D eigenvalue weighted by Gasteiger charge is 2.29. The largest absolute Gasteiger partial charge is 0.491 e. The second-order valence-electron chi connectivity index (χ2n) is 12.8. The Morgan fingerprint density at radius 3 is 2.09 bits per heavy atom. The molecule has 11 heteroatoms. The zero-order chi connectivity index (χ0) is 32.3. The van der Waals surface area contributed by atoms with E-state index in [1.165, 1.54) is 6.20 Å². The molecule has 0 spiro atoms. The SMILES string of the molecule is O=C(CN1CCCCCOc2ccccc2N(CC(=O)N2CCC(CCO)CC2)c2cncc(c2)C1=O)N1CCC(CCO)CC1. The van der Waals surface area contributed by atoms with Crippen molar-refractivity contribution in [3.63, 3.8) is 0 Å². The van der Waals surface area contributed by atoms with Gasteiger partial charge in [0.05, 0.1) is 29.7 Å². The van der Waals surface area contributed by atoms with E-state index in [1.54, 1.807) is 17.2 Å². The number of aliphatic hydroxyl groups is 2. The maximum absolute atomic E-state index is 14.0. The molecule has 11 nitrogen and oxygen atoms in total. The Balaban J connectivity index is 1.38. The van der Waals surface area contributed by atoms with Crippen molar-refractivity contribution in [2.45, 2.75) is 57.8 Å². The molecule has 2 aromatic rings. The van der Waals surface area contributed by atoms with Crippen molar-refractivity contribution in [1.82, 2.24) is 19.7 Å². The van der Waals surface area contributed by atoms with E-state index in [0.717, 1.165) is 63.5 Å². The monoisotopic (exact) mass is 635 g/mol. The fourth-order valence-electron chi connectivity index (χ4n) is 6.81. The number of carbonyl (C=O) groups is 3. The molecule has 3 aliphatic rings. The highest BCUT2D eigenvalue weighted by molar-refractivity contribution is 5.97. The molecule has 2 saturated heterocycles. The Morgan fingerprint density at radius 2 is 1.43 bits per heavy atom. The second-order valence-corrected chi connectivity index (χ2v) is 12.8. The van der Waals surface area contributed by atoms with Crippen LogP contribution in [0.2, 0.25) is 0 Å². The van der Waals surface area contributed by atoms with Crippen molar-refractivity contribution < 1.29 is 29.3 Å². The summed E-state index contributed by atoms with van der Waals surface area (Å²) in [6.07, 6.45) is 10.5. The lowest BCUT2D eigenvalue weighted by molar-refractivity contribution is -0.133. The molecule has 0 atom stereocenters. The third-order valence-corrected chi connectivity index (χ3v) is 9.68. The van der Waals surface area contributed by atoms with E-state index in [0.29, 0.717) is 68.2 Å². The molecule has 0 radical (unpaired) electrons. The molecule has 1 aromatic carbocycles. The van der Waals surface area contributed by atoms with E-state index in [2.05, 4.69) is 4.98 Å². The maximum Gasteiger partial charge on any atom is 0.255 e. The van der Waals surface area contributed by atoms with Gasteiger partial charge in [0.25, 0.3) is 5.91 Å². The molecule has 2 bridgehead atoms. The Hall–Kier alpha value is -3.70. The van der Waals surface area contributed by atoms with Crippen LogP contribution in [0.1, 0.15) is 68.1 Å². The van der Waals surface area contributed by atoms with E-state index in [1.807, 2.05) is 39.0 Å². The molecule has 3 aliphatic heterocycles. The number of benzene rings is 1. The molecule has 250 valence electrons. The molecule has 0 saturated carbocycles. The number of hydrogen-bond acceptors (Lipinski definition) is 8. The summed E-state index contributed by atoms with van der Waals surface area (Å²) in [5.74, 6) is 1.19. The number of aromatic nitrogens is 1. The van der Waals surface area contributed by atoms with Crippen molar-refractivity contribution in [2.24, 2.45) is 11.8 Å². The molecule has 2 N–H and O–H groups in total. The lowest BCUT2D eigenvalue weighted by Gasteiger charge is -2.34. The quantitative estimate of drug-likeness (QED) is 0.452. The van der Waals surface area contributed by atoms with Gasteiger partial charge >= 0.3 is 0 Å². The zero-order valence-corrected chi connectivity index (χ0v) is 26.9. The van der Waals surface area contributed by atoms with Crippen LogP contribution in [0.4, 0.5) is 11.4 Å². The third-order valence-electron chi connectivity index (χ3n) is 9.68. The molecule has 3 amide bonds. The van der Waals surface area contributed by atoms with Gasteiger partial charge in [-0.05, 0) is 87.8 Å². The number of carbonyl (C=O) groups excluding carboxylic acids is 3. The number of anilines is 2. The Morgan fingerprint density at radius 1 is 0.804 bits per heavy atom. The van der Waals surface area contributed by atoms with Gasteiger partial charge < -0.3 is 34.5 Å². The molecule has 46 heavy (non-hydrogen) atoms. The summed E-state index contributed by atoms with van der Waals surface area (Å²) in [4.78, 5) is 52.7. The first-order chi connectivity index (χ1) is 22.5. The van der Waals surface area contributed by atoms with Crippen LogP contribution in [0.3, 0.4) is 0 Å². The zero-order valence-electron chi connectivity index (χ0n) is 26.9. The standard InChI is InChI=1S/C35H49N5O6/c41-19-12-27-8-15-37(16-9-27)33(43)25-39-14-4-1-5-21-46-32-7-3-2-6-31(32)40(30-22-29(35(39)45)23-36-24-30)26-34(44)38-17-10-28(11-18-38)13-20-42/h2-3,6-7,22-24,27-28,41-42H,1,4-5,8-21,25-26H2. The topological polar surface area (TPSA) is 127 Å². The van der Waals surface area contributed by atoms with Crippen molar-refractivity contribution in [1.29, 1.82) is 0 Å².